The number of hydrogen-bond acceptors (Lipinski definition) is 4. The second-order valence-electron chi connectivity index (χ2n) is 4.54. The fraction of sp³-hybridized carbons (Fsp3) is 0.462. The summed E-state index contributed by atoms with van der Waals surface area (Å²) >= 11 is 0. The van der Waals surface area contributed by atoms with E-state index < -0.39 is 5.97 Å². The fourth-order valence-electron chi connectivity index (χ4n) is 2.00. The summed E-state index contributed by atoms with van der Waals surface area (Å²) in [7, 11) is 1.50. The maximum Gasteiger partial charge on any atom is 0.317 e. The van der Waals surface area contributed by atoms with Gasteiger partial charge in [0.25, 0.3) is 0 Å². The molecular weight excluding hydrogens is 234 g/mol. The predicted octanol–water partition coefficient (Wildman–Crippen LogP) is 1.45. The summed E-state index contributed by atoms with van der Waals surface area (Å²) in [4.78, 5) is 12.7. The van der Waals surface area contributed by atoms with Crippen LogP contribution in [-0.2, 0) is 11.3 Å². The van der Waals surface area contributed by atoms with Crippen LogP contribution < -0.4 is 4.74 Å². The highest BCUT2D eigenvalue weighted by molar-refractivity contribution is 5.69. The normalized spacial score (nSPS) is 14.8. The molecule has 5 nitrogen and oxygen atoms in total. The average molecular weight is 251 g/mol. The summed E-state index contributed by atoms with van der Waals surface area (Å²) in [5.74, 6) is -0.310. The molecule has 1 fully saturated rings. The van der Waals surface area contributed by atoms with Crippen molar-refractivity contribution in [1.29, 1.82) is 0 Å². The van der Waals surface area contributed by atoms with Crippen LogP contribution in [0.3, 0.4) is 0 Å². The molecule has 0 heterocycles. The average Bonchev–Trinajstić information content (AvgIpc) is 3.11. The summed E-state index contributed by atoms with van der Waals surface area (Å²) in [6.45, 7) is 0.575. The Balaban J connectivity index is 2.06. The molecule has 0 amide bonds. The Labute approximate surface area is 106 Å². The molecule has 1 aliphatic rings. The highest BCUT2D eigenvalue weighted by atomic mass is 16.5. The molecule has 0 spiro atoms. The number of methoxy groups -OCH3 is 1. The van der Waals surface area contributed by atoms with Crippen LogP contribution in [0.25, 0.3) is 0 Å². The number of ether oxygens (including phenoxy) is 1. The summed E-state index contributed by atoms with van der Waals surface area (Å²) in [5, 5.41) is 18.5. The number of benzene rings is 1. The first-order valence-corrected chi connectivity index (χ1v) is 5.92. The van der Waals surface area contributed by atoms with Crippen molar-refractivity contribution in [1.82, 2.24) is 4.90 Å². The van der Waals surface area contributed by atoms with Crippen molar-refractivity contribution in [3.05, 3.63) is 23.8 Å². The van der Waals surface area contributed by atoms with Gasteiger partial charge in [-0.15, -0.1) is 0 Å². The molecule has 2 rings (SSSR count). The lowest BCUT2D eigenvalue weighted by atomic mass is 10.2. The van der Waals surface area contributed by atoms with Crippen molar-refractivity contribution < 1.29 is 19.7 Å². The van der Waals surface area contributed by atoms with Gasteiger partial charge in [0.05, 0.1) is 13.7 Å². The predicted molar refractivity (Wildman–Crippen MR) is 65.7 cm³/mol. The van der Waals surface area contributed by atoms with Crippen LogP contribution in [0.15, 0.2) is 18.2 Å². The van der Waals surface area contributed by atoms with Crippen LogP contribution in [0.5, 0.6) is 11.5 Å². The van der Waals surface area contributed by atoms with Gasteiger partial charge in [0.2, 0.25) is 0 Å². The van der Waals surface area contributed by atoms with Gasteiger partial charge in [-0.3, -0.25) is 9.69 Å². The lowest BCUT2D eigenvalue weighted by Crippen LogP contribution is -2.31. The molecule has 0 radical (unpaired) electrons. The van der Waals surface area contributed by atoms with Crippen LogP contribution in [-0.4, -0.2) is 40.8 Å². The van der Waals surface area contributed by atoms with Gasteiger partial charge in [-0.1, -0.05) is 6.07 Å². The van der Waals surface area contributed by atoms with E-state index in [0.717, 1.165) is 18.4 Å². The zero-order valence-electron chi connectivity index (χ0n) is 10.3. The quantitative estimate of drug-likeness (QED) is 0.800. The van der Waals surface area contributed by atoms with Crippen molar-refractivity contribution >= 4 is 5.97 Å². The molecule has 2 N–H and O–H groups in total. The number of carbonyl (C=O) groups is 1. The van der Waals surface area contributed by atoms with E-state index in [1.54, 1.807) is 12.1 Å². The van der Waals surface area contributed by atoms with Gasteiger partial charge in [-0.25, -0.2) is 0 Å². The zero-order chi connectivity index (χ0) is 13.1. The number of aliphatic carboxylic acids is 1. The minimum absolute atomic E-state index is 0.0391. The first-order chi connectivity index (χ1) is 8.60. The van der Waals surface area contributed by atoms with Crippen molar-refractivity contribution in [2.75, 3.05) is 13.7 Å². The van der Waals surface area contributed by atoms with E-state index in [-0.39, 0.29) is 12.3 Å². The van der Waals surface area contributed by atoms with Crippen LogP contribution in [0, 0.1) is 0 Å². The highest BCUT2D eigenvalue weighted by Gasteiger charge is 2.30. The highest BCUT2D eigenvalue weighted by Crippen LogP contribution is 2.30. The number of carboxylic acid groups (broad SMARTS) is 1. The Hall–Kier alpha value is -1.75. The summed E-state index contributed by atoms with van der Waals surface area (Å²) in [5.41, 5.74) is 0.890. The molecule has 0 aromatic heterocycles. The number of rotatable bonds is 6. The van der Waals surface area contributed by atoms with Gasteiger partial charge in [0.15, 0.2) is 11.5 Å². The topological polar surface area (TPSA) is 70.0 Å². The van der Waals surface area contributed by atoms with Gasteiger partial charge in [0, 0.05) is 12.6 Å². The first-order valence-electron chi connectivity index (χ1n) is 5.92. The van der Waals surface area contributed by atoms with E-state index in [1.165, 1.54) is 7.11 Å². The van der Waals surface area contributed by atoms with Gasteiger partial charge in [-0.2, -0.15) is 0 Å². The first kappa shape index (κ1) is 12.7. The minimum Gasteiger partial charge on any atom is -0.504 e. The third kappa shape index (κ3) is 3.13. The third-order valence-electron chi connectivity index (χ3n) is 3.03. The molecule has 1 saturated carbocycles. The lowest BCUT2D eigenvalue weighted by molar-refractivity contribution is -0.138. The van der Waals surface area contributed by atoms with Gasteiger partial charge in [-0.05, 0) is 30.5 Å². The molecule has 98 valence electrons. The summed E-state index contributed by atoms with van der Waals surface area (Å²) in [6.07, 6.45) is 2.10. The van der Waals surface area contributed by atoms with E-state index >= 15 is 0 Å². The number of aromatic hydroxyl groups is 1. The molecule has 0 saturated heterocycles. The van der Waals surface area contributed by atoms with Crippen LogP contribution >= 0.6 is 0 Å². The number of carboxylic acids is 1. The van der Waals surface area contributed by atoms with E-state index in [9.17, 15) is 9.90 Å². The summed E-state index contributed by atoms with van der Waals surface area (Å²) < 4.78 is 4.97. The Morgan fingerprint density at radius 1 is 1.50 bits per heavy atom. The van der Waals surface area contributed by atoms with E-state index in [0.29, 0.717) is 18.3 Å². The Kier molecular flexibility index (Phi) is 3.72. The summed E-state index contributed by atoms with van der Waals surface area (Å²) in [6, 6.07) is 5.52. The van der Waals surface area contributed by atoms with Crippen LogP contribution in [0.4, 0.5) is 0 Å². The molecule has 0 aliphatic heterocycles. The SMILES string of the molecule is COc1ccc(CN(CC(=O)O)C2CC2)cc1O. The second-order valence-corrected chi connectivity index (χ2v) is 4.54. The maximum absolute atomic E-state index is 10.8. The van der Waals surface area contributed by atoms with Gasteiger partial charge in [0.1, 0.15) is 0 Å². The van der Waals surface area contributed by atoms with Gasteiger partial charge >= 0.3 is 5.97 Å². The second kappa shape index (κ2) is 5.27. The lowest BCUT2D eigenvalue weighted by Gasteiger charge is -2.20. The van der Waals surface area contributed by atoms with E-state index in [4.69, 9.17) is 9.84 Å². The van der Waals surface area contributed by atoms with Crippen LogP contribution in [0.2, 0.25) is 0 Å². The molecule has 18 heavy (non-hydrogen) atoms. The van der Waals surface area contributed by atoms with Crippen LogP contribution in [0.1, 0.15) is 18.4 Å². The Morgan fingerprint density at radius 2 is 2.22 bits per heavy atom. The molecule has 5 heteroatoms. The molecule has 1 aromatic rings. The van der Waals surface area contributed by atoms with Crippen molar-refractivity contribution in [3.8, 4) is 11.5 Å². The Bertz CT molecular complexity index is 443. The van der Waals surface area contributed by atoms with Crippen molar-refractivity contribution in [2.45, 2.75) is 25.4 Å². The number of phenols is 1. The molecule has 0 bridgehead atoms. The molecule has 0 unspecified atom stereocenters. The maximum atomic E-state index is 10.8. The number of nitrogens with zero attached hydrogens (tertiary/aromatic N) is 1. The zero-order valence-corrected chi connectivity index (χ0v) is 10.3. The smallest absolute Gasteiger partial charge is 0.317 e. The molecule has 1 aliphatic carbocycles. The largest absolute Gasteiger partial charge is 0.504 e. The Morgan fingerprint density at radius 3 is 2.72 bits per heavy atom. The van der Waals surface area contributed by atoms with Crippen molar-refractivity contribution in [3.63, 3.8) is 0 Å². The minimum atomic E-state index is -0.820. The van der Waals surface area contributed by atoms with E-state index in [1.807, 2.05) is 11.0 Å². The van der Waals surface area contributed by atoms with E-state index in [2.05, 4.69) is 0 Å². The van der Waals surface area contributed by atoms with Crippen molar-refractivity contribution in [2.24, 2.45) is 0 Å². The fourth-order valence-corrected chi connectivity index (χ4v) is 2.00. The standard InChI is InChI=1S/C13H17NO4/c1-18-12-5-2-9(6-11(12)15)7-14(8-13(16)17)10-3-4-10/h2,5-6,10,15H,3-4,7-8H2,1H3,(H,16,17). The monoisotopic (exact) mass is 251 g/mol. The molecule has 0 atom stereocenters. The third-order valence-corrected chi connectivity index (χ3v) is 3.03. The van der Waals surface area contributed by atoms with Gasteiger partial charge < -0.3 is 14.9 Å². The molecular formula is C13H17NO4. The molecule has 1 aromatic carbocycles. The number of phenolic OH excluding ortho intramolecular Hbond substituents is 1. The number of hydrogen-bond donors (Lipinski definition) is 2.